The molecule has 0 heterocycles. The fraction of sp³-hybridized carbons (Fsp3) is 0.455. The Labute approximate surface area is 83.1 Å². The van der Waals surface area contributed by atoms with Gasteiger partial charge in [0.1, 0.15) is 5.78 Å². The zero-order valence-electron chi connectivity index (χ0n) is 7.98. The molecule has 1 N–H and O–H groups in total. The lowest BCUT2D eigenvalue weighted by molar-refractivity contribution is -0.131. The molecule has 0 aromatic rings. The van der Waals surface area contributed by atoms with Crippen molar-refractivity contribution in [2.24, 2.45) is 11.8 Å². The molecule has 0 aliphatic heterocycles. The van der Waals surface area contributed by atoms with Crippen LogP contribution in [-0.4, -0.2) is 16.9 Å². The molecule has 0 aromatic heterocycles. The lowest BCUT2D eigenvalue weighted by Gasteiger charge is -2.13. The molecule has 3 nitrogen and oxygen atoms in total. The van der Waals surface area contributed by atoms with Gasteiger partial charge in [-0.2, -0.15) is 0 Å². The Morgan fingerprint density at radius 2 is 2.36 bits per heavy atom. The van der Waals surface area contributed by atoms with E-state index in [1.807, 2.05) is 0 Å². The first-order valence-electron chi connectivity index (χ1n) is 4.69. The molecule has 76 valence electrons. The van der Waals surface area contributed by atoms with Crippen molar-refractivity contribution in [1.29, 1.82) is 0 Å². The van der Waals surface area contributed by atoms with E-state index in [1.165, 1.54) is 0 Å². The van der Waals surface area contributed by atoms with Gasteiger partial charge in [0.05, 0.1) is 0 Å². The third-order valence-corrected chi connectivity index (χ3v) is 2.56. The van der Waals surface area contributed by atoms with E-state index in [1.54, 1.807) is 12.2 Å². The minimum Gasteiger partial charge on any atom is -0.478 e. The zero-order valence-corrected chi connectivity index (χ0v) is 7.98. The molecule has 1 fully saturated rings. The van der Waals surface area contributed by atoms with E-state index in [0.29, 0.717) is 12.8 Å². The summed E-state index contributed by atoms with van der Waals surface area (Å²) in [5.74, 6) is -0.431. The van der Waals surface area contributed by atoms with Crippen molar-refractivity contribution in [3.05, 3.63) is 24.8 Å². The van der Waals surface area contributed by atoms with Gasteiger partial charge in [-0.3, -0.25) is 4.79 Å². The molecule has 0 amide bonds. The summed E-state index contributed by atoms with van der Waals surface area (Å²) >= 11 is 0. The van der Waals surface area contributed by atoms with Crippen molar-refractivity contribution < 1.29 is 14.7 Å². The average molecular weight is 194 g/mol. The maximum absolute atomic E-state index is 11.0. The van der Waals surface area contributed by atoms with E-state index in [9.17, 15) is 9.59 Å². The summed E-state index contributed by atoms with van der Waals surface area (Å²) in [7, 11) is 0. The van der Waals surface area contributed by atoms with Gasteiger partial charge >= 0.3 is 5.97 Å². The highest BCUT2D eigenvalue weighted by Gasteiger charge is 2.26. The average Bonchev–Trinajstić information content (AvgIpc) is 2.53. The molecule has 2 atom stereocenters. The number of carboxylic acids is 1. The first-order chi connectivity index (χ1) is 6.63. The van der Waals surface area contributed by atoms with Crippen molar-refractivity contribution in [3.63, 3.8) is 0 Å². The van der Waals surface area contributed by atoms with Crippen LogP contribution >= 0.6 is 0 Å². The second kappa shape index (κ2) is 4.74. The predicted molar refractivity (Wildman–Crippen MR) is 52.8 cm³/mol. The largest absolute Gasteiger partial charge is 0.478 e. The highest BCUT2D eigenvalue weighted by molar-refractivity contribution is 5.81. The first-order valence-corrected chi connectivity index (χ1v) is 4.69. The Kier molecular flexibility index (Phi) is 3.63. The van der Waals surface area contributed by atoms with Gasteiger partial charge in [-0.25, -0.2) is 4.79 Å². The van der Waals surface area contributed by atoms with Gasteiger partial charge < -0.3 is 5.11 Å². The molecule has 0 radical (unpaired) electrons. The molecular weight excluding hydrogens is 180 g/mol. The molecule has 0 spiro atoms. The van der Waals surface area contributed by atoms with Crippen LogP contribution in [0.25, 0.3) is 0 Å². The Morgan fingerprint density at radius 1 is 1.64 bits per heavy atom. The standard InChI is InChI=1S/C11H14O3/c1-2-8(4-6-11(13)14)9-3-5-10(12)7-9/h2,4,6,8-9H,1,3,5,7H2,(H,13,14)/b6-4+. The highest BCUT2D eigenvalue weighted by Crippen LogP contribution is 2.30. The van der Waals surface area contributed by atoms with Crippen LogP contribution in [0.5, 0.6) is 0 Å². The Hall–Kier alpha value is -1.38. The SMILES string of the molecule is C=CC(/C=C/C(=O)O)C1CCC(=O)C1. The summed E-state index contributed by atoms with van der Waals surface area (Å²) in [6.45, 7) is 3.65. The van der Waals surface area contributed by atoms with Crippen LogP contribution < -0.4 is 0 Å². The first kappa shape index (κ1) is 10.7. The summed E-state index contributed by atoms with van der Waals surface area (Å²) in [6.07, 6.45) is 6.46. The van der Waals surface area contributed by atoms with Crippen LogP contribution in [0.15, 0.2) is 24.8 Å². The molecule has 0 saturated heterocycles. The molecule has 1 rings (SSSR count). The maximum atomic E-state index is 11.0. The van der Waals surface area contributed by atoms with Crippen molar-refractivity contribution in [1.82, 2.24) is 0 Å². The third kappa shape index (κ3) is 2.83. The van der Waals surface area contributed by atoms with Crippen molar-refractivity contribution in [2.45, 2.75) is 19.3 Å². The number of carboxylic acid groups (broad SMARTS) is 1. The number of hydrogen-bond donors (Lipinski definition) is 1. The summed E-state index contributed by atoms with van der Waals surface area (Å²) < 4.78 is 0. The number of aliphatic carboxylic acids is 1. The van der Waals surface area contributed by atoms with Crippen molar-refractivity contribution in [3.8, 4) is 0 Å². The summed E-state index contributed by atoms with van der Waals surface area (Å²) in [6, 6.07) is 0. The highest BCUT2D eigenvalue weighted by atomic mass is 16.4. The molecule has 14 heavy (non-hydrogen) atoms. The maximum Gasteiger partial charge on any atom is 0.327 e. The van der Waals surface area contributed by atoms with Crippen molar-refractivity contribution >= 4 is 11.8 Å². The van der Waals surface area contributed by atoms with Crippen LogP contribution in [0.2, 0.25) is 0 Å². The zero-order chi connectivity index (χ0) is 10.6. The molecule has 1 saturated carbocycles. The van der Waals surface area contributed by atoms with Crippen molar-refractivity contribution in [2.75, 3.05) is 0 Å². The predicted octanol–water partition coefficient (Wildman–Crippen LogP) is 1.80. The Bertz CT molecular complexity index is 278. The Balaban J connectivity index is 2.58. The van der Waals surface area contributed by atoms with E-state index in [0.717, 1.165) is 12.5 Å². The van der Waals surface area contributed by atoms with Gasteiger partial charge in [-0.1, -0.05) is 12.2 Å². The fourth-order valence-corrected chi connectivity index (χ4v) is 1.79. The molecule has 1 aliphatic rings. The van der Waals surface area contributed by atoms with Gasteiger partial charge in [0.25, 0.3) is 0 Å². The molecule has 3 heteroatoms. The van der Waals surface area contributed by atoms with Crippen LogP contribution in [-0.2, 0) is 9.59 Å². The van der Waals surface area contributed by atoms with Crippen LogP contribution in [0, 0.1) is 11.8 Å². The van der Waals surface area contributed by atoms with Gasteiger partial charge in [-0.05, 0) is 18.3 Å². The van der Waals surface area contributed by atoms with Crippen LogP contribution in [0.4, 0.5) is 0 Å². The van der Waals surface area contributed by atoms with Gasteiger partial charge in [-0.15, -0.1) is 6.58 Å². The van der Waals surface area contributed by atoms with E-state index < -0.39 is 5.97 Å². The van der Waals surface area contributed by atoms with Crippen LogP contribution in [0.1, 0.15) is 19.3 Å². The summed E-state index contributed by atoms with van der Waals surface area (Å²) in [5.41, 5.74) is 0. The number of rotatable bonds is 4. The minimum absolute atomic E-state index is 0.0116. The number of hydrogen-bond acceptors (Lipinski definition) is 2. The number of carbonyl (C=O) groups excluding carboxylic acids is 1. The molecule has 0 bridgehead atoms. The molecule has 1 aliphatic carbocycles. The quantitative estimate of drug-likeness (QED) is 0.548. The monoisotopic (exact) mass is 194 g/mol. The smallest absolute Gasteiger partial charge is 0.327 e. The molecule has 2 unspecified atom stereocenters. The van der Waals surface area contributed by atoms with E-state index >= 15 is 0 Å². The lowest BCUT2D eigenvalue weighted by atomic mass is 9.90. The third-order valence-electron chi connectivity index (χ3n) is 2.56. The van der Waals surface area contributed by atoms with E-state index in [4.69, 9.17) is 5.11 Å². The van der Waals surface area contributed by atoms with E-state index in [-0.39, 0.29) is 17.6 Å². The Morgan fingerprint density at radius 3 is 2.79 bits per heavy atom. The number of Topliss-reactive ketones (excluding diaryl/α,β-unsaturated/α-hetero) is 1. The topological polar surface area (TPSA) is 54.4 Å². The number of carbonyl (C=O) groups is 2. The van der Waals surface area contributed by atoms with Gasteiger partial charge in [0, 0.05) is 18.9 Å². The molecular formula is C11H14O3. The second-order valence-electron chi connectivity index (χ2n) is 3.55. The minimum atomic E-state index is -0.957. The normalized spacial score (nSPS) is 24.0. The summed E-state index contributed by atoms with van der Waals surface area (Å²) in [5, 5.41) is 8.46. The summed E-state index contributed by atoms with van der Waals surface area (Å²) in [4.78, 5) is 21.3. The molecule has 0 aromatic carbocycles. The van der Waals surface area contributed by atoms with Crippen LogP contribution in [0.3, 0.4) is 0 Å². The second-order valence-corrected chi connectivity index (χ2v) is 3.55. The number of allylic oxidation sites excluding steroid dienone is 2. The fourth-order valence-electron chi connectivity index (χ4n) is 1.79. The number of ketones is 1. The van der Waals surface area contributed by atoms with E-state index in [2.05, 4.69) is 6.58 Å². The van der Waals surface area contributed by atoms with Gasteiger partial charge in [0.15, 0.2) is 0 Å². The van der Waals surface area contributed by atoms with Gasteiger partial charge in [0.2, 0.25) is 0 Å². The lowest BCUT2D eigenvalue weighted by Crippen LogP contribution is -2.07.